The number of thiazole rings is 1. The van der Waals surface area contributed by atoms with Crippen molar-refractivity contribution < 1.29 is 9.53 Å². The molecule has 3 aromatic rings. The van der Waals surface area contributed by atoms with Crippen molar-refractivity contribution in [3.05, 3.63) is 41.0 Å². The van der Waals surface area contributed by atoms with Gasteiger partial charge in [-0.05, 0) is 24.3 Å². The van der Waals surface area contributed by atoms with Gasteiger partial charge in [-0.2, -0.15) is 10.1 Å². The molecule has 7 heteroatoms. The van der Waals surface area contributed by atoms with Crippen molar-refractivity contribution in [1.82, 2.24) is 14.3 Å². The third kappa shape index (κ3) is 2.47. The Bertz CT molecular complexity index is 888. The van der Waals surface area contributed by atoms with E-state index in [4.69, 9.17) is 4.74 Å². The molecule has 3 rings (SSSR count). The topological polar surface area (TPSA) is 61.4 Å². The first-order valence-electron chi connectivity index (χ1n) is 6.31. The van der Waals surface area contributed by atoms with E-state index in [2.05, 4.69) is 10.1 Å². The molecule has 2 heterocycles. The van der Waals surface area contributed by atoms with Crippen LogP contribution in [0.15, 0.2) is 35.5 Å². The highest BCUT2D eigenvalue weighted by atomic mass is 32.1. The number of rotatable bonds is 2. The summed E-state index contributed by atoms with van der Waals surface area (Å²) >= 11 is 1.44. The molecule has 1 aromatic carbocycles. The number of ether oxygens (including phenoxy) is 1. The summed E-state index contributed by atoms with van der Waals surface area (Å²) in [5.41, 5.74) is 1.35. The molecule has 0 aliphatic heterocycles. The van der Waals surface area contributed by atoms with Crippen LogP contribution in [0.3, 0.4) is 0 Å². The first-order chi connectivity index (χ1) is 10.1. The van der Waals surface area contributed by atoms with Gasteiger partial charge in [-0.15, -0.1) is 0 Å². The molecule has 0 unspecified atom stereocenters. The molecule has 0 aliphatic carbocycles. The summed E-state index contributed by atoms with van der Waals surface area (Å²) in [6.07, 6.45) is 1.72. The summed E-state index contributed by atoms with van der Waals surface area (Å²) in [7, 11) is 5.28. The highest BCUT2D eigenvalue weighted by Gasteiger charge is 2.09. The Labute approximate surface area is 124 Å². The van der Waals surface area contributed by atoms with E-state index in [1.807, 2.05) is 29.8 Å². The minimum atomic E-state index is -0.343. The van der Waals surface area contributed by atoms with E-state index < -0.39 is 0 Å². The Hall–Kier alpha value is -2.41. The maximum absolute atomic E-state index is 12.1. The number of hydrogen-bond acceptors (Lipinski definition) is 4. The highest BCUT2D eigenvalue weighted by Crippen LogP contribution is 2.22. The van der Waals surface area contributed by atoms with Crippen LogP contribution in [0, 0.1) is 0 Å². The minimum absolute atomic E-state index is 0.340. The molecule has 0 saturated carbocycles. The summed E-state index contributed by atoms with van der Waals surface area (Å²) in [6, 6.07) is 7.43. The minimum Gasteiger partial charge on any atom is -0.497 e. The van der Waals surface area contributed by atoms with Crippen molar-refractivity contribution in [2.24, 2.45) is 19.1 Å². The predicted octanol–water partition coefficient (Wildman–Crippen LogP) is 1.72. The summed E-state index contributed by atoms with van der Waals surface area (Å²) in [4.78, 5) is 16.9. The predicted molar refractivity (Wildman–Crippen MR) is 80.4 cm³/mol. The molecule has 0 radical (unpaired) electrons. The molecule has 21 heavy (non-hydrogen) atoms. The van der Waals surface area contributed by atoms with Crippen LogP contribution in [0.2, 0.25) is 0 Å². The number of aromatic nitrogens is 3. The molecule has 0 bridgehead atoms. The van der Waals surface area contributed by atoms with Gasteiger partial charge in [-0.25, -0.2) is 0 Å². The second kappa shape index (κ2) is 5.17. The van der Waals surface area contributed by atoms with Crippen molar-refractivity contribution >= 4 is 27.5 Å². The van der Waals surface area contributed by atoms with Gasteiger partial charge in [0.15, 0.2) is 10.5 Å². The third-order valence-electron chi connectivity index (χ3n) is 3.15. The zero-order chi connectivity index (χ0) is 15.0. The molecule has 108 valence electrons. The van der Waals surface area contributed by atoms with Crippen LogP contribution in [-0.2, 0) is 14.1 Å². The summed E-state index contributed by atoms with van der Waals surface area (Å²) in [5.74, 6) is 0.441. The summed E-state index contributed by atoms with van der Waals surface area (Å²) in [5, 5.41) is 4.07. The number of carbonyl (C=O) groups excluding carboxylic acids is 1. The fourth-order valence-corrected chi connectivity index (χ4v) is 3.07. The Balaban J connectivity index is 2.09. The maximum Gasteiger partial charge on any atom is 0.300 e. The van der Waals surface area contributed by atoms with Gasteiger partial charge in [-0.3, -0.25) is 9.48 Å². The molecule has 1 amide bonds. The van der Waals surface area contributed by atoms with Crippen LogP contribution in [0.1, 0.15) is 10.5 Å². The van der Waals surface area contributed by atoms with Gasteiger partial charge in [0.1, 0.15) is 5.75 Å². The monoisotopic (exact) mass is 302 g/mol. The van der Waals surface area contributed by atoms with Gasteiger partial charge in [0.05, 0.1) is 17.3 Å². The quantitative estimate of drug-likeness (QED) is 0.724. The Morgan fingerprint density at radius 1 is 1.33 bits per heavy atom. The molecular weight excluding hydrogens is 288 g/mol. The van der Waals surface area contributed by atoms with E-state index in [1.165, 1.54) is 11.3 Å². The van der Waals surface area contributed by atoms with Gasteiger partial charge in [0.25, 0.3) is 5.91 Å². The highest BCUT2D eigenvalue weighted by molar-refractivity contribution is 7.16. The van der Waals surface area contributed by atoms with Crippen LogP contribution in [0.5, 0.6) is 5.75 Å². The summed E-state index contributed by atoms with van der Waals surface area (Å²) in [6.45, 7) is 0. The molecule has 0 spiro atoms. The van der Waals surface area contributed by atoms with E-state index in [-0.39, 0.29) is 5.91 Å². The lowest BCUT2D eigenvalue weighted by atomic mass is 10.3. The van der Waals surface area contributed by atoms with E-state index in [1.54, 1.807) is 31.1 Å². The van der Waals surface area contributed by atoms with Crippen molar-refractivity contribution in [1.29, 1.82) is 0 Å². The number of benzene rings is 1. The number of amides is 1. The second-order valence-electron chi connectivity index (χ2n) is 4.57. The Morgan fingerprint density at radius 3 is 2.81 bits per heavy atom. The van der Waals surface area contributed by atoms with Crippen LogP contribution < -0.4 is 9.54 Å². The van der Waals surface area contributed by atoms with Gasteiger partial charge in [0.2, 0.25) is 0 Å². The first-order valence-corrected chi connectivity index (χ1v) is 7.12. The average molecular weight is 302 g/mol. The van der Waals surface area contributed by atoms with Crippen molar-refractivity contribution in [2.45, 2.75) is 0 Å². The van der Waals surface area contributed by atoms with Crippen molar-refractivity contribution in [3.8, 4) is 5.75 Å². The third-order valence-corrected chi connectivity index (χ3v) is 4.24. The first kappa shape index (κ1) is 13.6. The number of nitrogens with zero attached hydrogens (tertiary/aromatic N) is 4. The second-order valence-corrected chi connectivity index (χ2v) is 5.58. The zero-order valence-electron chi connectivity index (χ0n) is 11.9. The normalized spacial score (nSPS) is 12.0. The lowest BCUT2D eigenvalue weighted by Crippen LogP contribution is -2.13. The standard InChI is InChI=1S/C14H14N4O2S/c1-17-7-6-10(16-17)13(19)15-14-18(2)11-5-4-9(20-3)8-12(11)21-14/h4-8H,1-3H3. The number of fused-ring (bicyclic) bond motifs is 1. The van der Waals surface area contributed by atoms with E-state index >= 15 is 0 Å². The van der Waals surface area contributed by atoms with Crippen LogP contribution in [0.25, 0.3) is 10.2 Å². The smallest absolute Gasteiger partial charge is 0.300 e. The van der Waals surface area contributed by atoms with Gasteiger partial charge in [0, 0.05) is 20.3 Å². The van der Waals surface area contributed by atoms with Crippen LogP contribution >= 0.6 is 11.3 Å². The lowest BCUT2D eigenvalue weighted by molar-refractivity contribution is 0.0992. The fourth-order valence-electron chi connectivity index (χ4n) is 2.02. The SMILES string of the molecule is COc1ccc2c(c1)sc(=NC(=O)c1ccn(C)n1)n2C. The number of carbonyl (C=O) groups is 1. The lowest BCUT2D eigenvalue weighted by Gasteiger charge is -1.99. The largest absolute Gasteiger partial charge is 0.497 e. The maximum atomic E-state index is 12.1. The Morgan fingerprint density at radius 2 is 2.14 bits per heavy atom. The van der Waals surface area contributed by atoms with E-state index in [9.17, 15) is 4.79 Å². The average Bonchev–Trinajstić information content (AvgIpc) is 3.03. The van der Waals surface area contributed by atoms with Gasteiger partial charge in [-0.1, -0.05) is 11.3 Å². The van der Waals surface area contributed by atoms with Gasteiger partial charge < -0.3 is 9.30 Å². The number of aryl methyl sites for hydroxylation is 2. The molecule has 0 saturated heterocycles. The van der Waals surface area contributed by atoms with E-state index in [0.29, 0.717) is 10.5 Å². The summed E-state index contributed by atoms with van der Waals surface area (Å²) < 4.78 is 9.70. The zero-order valence-corrected chi connectivity index (χ0v) is 12.7. The molecule has 0 atom stereocenters. The molecule has 0 fully saturated rings. The molecule has 0 aliphatic rings. The Kier molecular flexibility index (Phi) is 3.34. The molecule has 6 nitrogen and oxygen atoms in total. The van der Waals surface area contributed by atoms with Crippen LogP contribution in [-0.4, -0.2) is 27.4 Å². The number of hydrogen-bond donors (Lipinski definition) is 0. The number of methoxy groups -OCH3 is 1. The van der Waals surface area contributed by atoms with Gasteiger partial charge >= 0.3 is 0 Å². The van der Waals surface area contributed by atoms with Crippen molar-refractivity contribution in [3.63, 3.8) is 0 Å². The molecular formula is C14H14N4O2S. The molecule has 2 aromatic heterocycles. The van der Waals surface area contributed by atoms with E-state index in [0.717, 1.165) is 16.0 Å². The molecule has 0 N–H and O–H groups in total. The van der Waals surface area contributed by atoms with Crippen LogP contribution in [0.4, 0.5) is 0 Å². The van der Waals surface area contributed by atoms with Crippen molar-refractivity contribution in [2.75, 3.05) is 7.11 Å². The fraction of sp³-hybridized carbons (Fsp3) is 0.214.